The molecule has 5 rings (SSSR count). The van der Waals surface area contributed by atoms with Crippen LogP contribution in [0.3, 0.4) is 0 Å². The SMILES string of the molecule is C#CC1(O)CCC2C3CCC4C[C@@](C#C)(OC(=O)CN5CCCCC5)C[C@]4(C)[C@H]3CCC21C. The Kier molecular flexibility index (Phi) is 5.66. The molecule has 0 aromatic carbocycles. The molecule has 0 amide bonds. The van der Waals surface area contributed by atoms with Crippen molar-refractivity contribution in [3.8, 4) is 24.7 Å². The van der Waals surface area contributed by atoms with Crippen molar-refractivity contribution in [1.82, 2.24) is 4.90 Å². The molecule has 0 aromatic heterocycles. The minimum Gasteiger partial charge on any atom is -0.445 e. The highest BCUT2D eigenvalue weighted by molar-refractivity contribution is 5.72. The van der Waals surface area contributed by atoms with Crippen LogP contribution < -0.4 is 0 Å². The Bertz CT molecular complexity index is 880. The third-order valence-corrected chi connectivity index (χ3v) is 11.1. The zero-order valence-corrected chi connectivity index (χ0v) is 20.6. The van der Waals surface area contributed by atoms with E-state index >= 15 is 0 Å². The normalized spacial score (nSPS) is 49.2. The fourth-order valence-corrected chi connectivity index (χ4v) is 9.25. The Labute approximate surface area is 200 Å². The summed E-state index contributed by atoms with van der Waals surface area (Å²) in [5.41, 5.74) is -1.84. The number of hydrogen-bond donors (Lipinski definition) is 1. The Hall–Kier alpha value is -1.49. The molecule has 0 spiro atoms. The van der Waals surface area contributed by atoms with Crippen LogP contribution >= 0.6 is 0 Å². The third-order valence-electron chi connectivity index (χ3n) is 11.1. The number of piperidine rings is 1. The maximum atomic E-state index is 12.9. The summed E-state index contributed by atoms with van der Waals surface area (Å²) < 4.78 is 6.16. The lowest BCUT2D eigenvalue weighted by atomic mass is 9.47. The third kappa shape index (κ3) is 3.47. The molecule has 1 N–H and O–H groups in total. The van der Waals surface area contributed by atoms with Crippen molar-refractivity contribution < 1.29 is 14.6 Å². The first kappa shape index (κ1) is 23.3. The van der Waals surface area contributed by atoms with Crippen molar-refractivity contribution in [2.75, 3.05) is 19.6 Å². The maximum Gasteiger partial charge on any atom is 0.321 e. The first-order valence-electron chi connectivity index (χ1n) is 13.3. The number of rotatable bonds is 3. The molecule has 0 radical (unpaired) electrons. The highest BCUT2D eigenvalue weighted by Gasteiger charge is 2.67. The highest BCUT2D eigenvalue weighted by atomic mass is 16.6. The number of hydrogen-bond acceptors (Lipinski definition) is 4. The van der Waals surface area contributed by atoms with Gasteiger partial charge in [-0.15, -0.1) is 12.8 Å². The van der Waals surface area contributed by atoms with Gasteiger partial charge in [0.1, 0.15) is 5.60 Å². The lowest BCUT2D eigenvalue weighted by Crippen LogP contribution is -2.54. The van der Waals surface area contributed by atoms with Crippen LogP contribution in [0.2, 0.25) is 0 Å². The molecule has 180 valence electrons. The number of ether oxygens (including phenoxy) is 1. The Morgan fingerprint density at radius 3 is 2.45 bits per heavy atom. The molecule has 0 aromatic rings. The van der Waals surface area contributed by atoms with Gasteiger partial charge in [0, 0.05) is 18.3 Å². The number of aliphatic hydroxyl groups is 1. The molecule has 1 saturated heterocycles. The van der Waals surface area contributed by atoms with E-state index in [1.165, 1.54) is 12.8 Å². The number of terminal acetylenes is 2. The van der Waals surface area contributed by atoms with Gasteiger partial charge in [0.2, 0.25) is 0 Å². The molecule has 8 atom stereocenters. The maximum absolute atomic E-state index is 12.9. The summed E-state index contributed by atoms with van der Waals surface area (Å²) in [6.45, 7) is 6.97. The fourth-order valence-electron chi connectivity index (χ4n) is 9.25. The van der Waals surface area contributed by atoms with Crippen LogP contribution in [0.15, 0.2) is 0 Å². The predicted molar refractivity (Wildman–Crippen MR) is 129 cm³/mol. The van der Waals surface area contributed by atoms with Crippen LogP contribution in [0.5, 0.6) is 0 Å². The molecule has 4 nitrogen and oxygen atoms in total. The van der Waals surface area contributed by atoms with E-state index < -0.39 is 11.2 Å². The predicted octanol–water partition coefficient (Wildman–Crippen LogP) is 4.40. The largest absolute Gasteiger partial charge is 0.445 e. The zero-order valence-electron chi connectivity index (χ0n) is 20.6. The monoisotopic (exact) mass is 451 g/mol. The Morgan fingerprint density at radius 2 is 1.76 bits per heavy atom. The van der Waals surface area contributed by atoms with E-state index in [4.69, 9.17) is 17.6 Å². The smallest absolute Gasteiger partial charge is 0.321 e. The molecule has 4 saturated carbocycles. The van der Waals surface area contributed by atoms with Gasteiger partial charge in [0.15, 0.2) is 5.60 Å². The van der Waals surface area contributed by atoms with Gasteiger partial charge >= 0.3 is 5.97 Å². The van der Waals surface area contributed by atoms with E-state index in [2.05, 4.69) is 30.6 Å². The van der Waals surface area contributed by atoms with Crippen molar-refractivity contribution in [3.63, 3.8) is 0 Å². The molecule has 0 bridgehead atoms. The average Bonchev–Trinajstić information content (AvgIpc) is 3.25. The number of carbonyl (C=O) groups is 1. The van der Waals surface area contributed by atoms with Gasteiger partial charge in [-0.1, -0.05) is 32.1 Å². The number of nitrogens with zero attached hydrogens (tertiary/aromatic N) is 1. The molecule has 1 heterocycles. The number of fused-ring (bicyclic) bond motifs is 5. The average molecular weight is 452 g/mol. The molecule has 4 aliphatic carbocycles. The molecule has 4 heteroatoms. The summed E-state index contributed by atoms with van der Waals surface area (Å²) in [5, 5.41) is 11.2. The molecule has 33 heavy (non-hydrogen) atoms. The van der Waals surface area contributed by atoms with Gasteiger partial charge in [-0.2, -0.15) is 0 Å². The van der Waals surface area contributed by atoms with E-state index in [9.17, 15) is 9.90 Å². The lowest BCUT2D eigenvalue weighted by Gasteiger charge is -2.58. The first-order valence-corrected chi connectivity index (χ1v) is 13.3. The Balaban J connectivity index is 1.33. The van der Waals surface area contributed by atoms with Crippen molar-refractivity contribution in [3.05, 3.63) is 0 Å². The molecular weight excluding hydrogens is 410 g/mol. The van der Waals surface area contributed by atoms with Crippen LogP contribution in [-0.2, 0) is 9.53 Å². The quantitative estimate of drug-likeness (QED) is 0.510. The van der Waals surface area contributed by atoms with Gasteiger partial charge in [-0.25, -0.2) is 0 Å². The minimum atomic E-state index is -0.970. The van der Waals surface area contributed by atoms with Crippen LogP contribution in [0.4, 0.5) is 0 Å². The standard InChI is InChI=1S/C29H41NO3/c1-5-28(33-25(31)19-30-16-8-7-9-17-30)18-21-10-11-22-23(26(21,3)20-28)12-14-27(4)24(22)13-15-29(27,32)6-2/h1-2,21-24,32H,7-20H2,3-4H3/t21?,22?,23-,24?,26-,27?,28+,29?/m0/s1. The second-order valence-electron chi connectivity index (χ2n) is 12.5. The van der Waals surface area contributed by atoms with Crippen LogP contribution in [-0.4, -0.2) is 46.8 Å². The summed E-state index contributed by atoms with van der Waals surface area (Å²) in [4.78, 5) is 15.1. The second kappa shape index (κ2) is 8.03. The first-order chi connectivity index (χ1) is 15.7. The van der Waals surface area contributed by atoms with Gasteiger partial charge < -0.3 is 9.84 Å². The molecular formula is C29H41NO3. The van der Waals surface area contributed by atoms with E-state index in [0.717, 1.165) is 70.9 Å². The van der Waals surface area contributed by atoms with E-state index in [1.54, 1.807) is 0 Å². The van der Waals surface area contributed by atoms with E-state index in [0.29, 0.717) is 30.2 Å². The van der Waals surface area contributed by atoms with Gasteiger partial charge in [0.25, 0.3) is 0 Å². The summed E-state index contributed by atoms with van der Waals surface area (Å²) >= 11 is 0. The van der Waals surface area contributed by atoms with Crippen LogP contribution in [0, 0.1) is 59.2 Å². The van der Waals surface area contributed by atoms with Gasteiger partial charge in [-0.3, -0.25) is 9.69 Å². The molecule has 1 aliphatic heterocycles. The van der Waals surface area contributed by atoms with E-state index in [1.807, 2.05) is 0 Å². The summed E-state index contributed by atoms with van der Waals surface area (Å²) in [5.74, 6) is 7.69. The molecule has 5 aliphatic rings. The van der Waals surface area contributed by atoms with Crippen LogP contribution in [0.25, 0.3) is 0 Å². The van der Waals surface area contributed by atoms with E-state index in [-0.39, 0.29) is 16.8 Å². The zero-order chi connectivity index (χ0) is 23.5. The topological polar surface area (TPSA) is 49.8 Å². The highest BCUT2D eigenvalue weighted by Crippen LogP contribution is 2.70. The number of likely N-dealkylation sites (tertiary alicyclic amines) is 1. The number of carbonyl (C=O) groups excluding carboxylic acids is 1. The summed E-state index contributed by atoms with van der Waals surface area (Å²) in [6, 6.07) is 0. The van der Waals surface area contributed by atoms with Crippen LogP contribution in [0.1, 0.15) is 84.5 Å². The van der Waals surface area contributed by atoms with Crippen molar-refractivity contribution in [2.45, 2.75) is 95.7 Å². The fraction of sp³-hybridized carbons (Fsp3) is 0.828. The summed E-state index contributed by atoms with van der Waals surface area (Å²) in [6.07, 6.45) is 23.2. The lowest BCUT2D eigenvalue weighted by molar-refractivity contribution is -0.156. The minimum absolute atomic E-state index is 0.0822. The van der Waals surface area contributed by atoms with Gasteiger partial charge in [0.05, 0.1) is 6.54 Å². The Morgan fingerprint density at radius 1 is 1.03 bits per heavy atom. The molecule has 5 unspecified atom stereocenters. The van der Waals surface area contributed by atoms with Crippen molar-refractivity contribution in [1.29, 1.82) is 0 Å². The van der Waals surface area contributed by atoms with Crippen molar-refractivity contribution >= 4 is 5.97 Å². The summed E-state index contributed by atoms with van der Waals surface area (Å²) in [7, 11) is 0. The van der Waals surface area contributed by atoms with Gasteiger partial charge in [-0.05, 0) is 93.5 Å². The molecule has 5 fully saturated rings. The number of esters is 1. The van der Waals surface area contributed by atoms with Crippen molar-refractivity contribution in [2.24, 2.45) is 34.5 Å². The second-order valence-corrected chi connectivity index (χ2v) is 12.5.